The summed E-state index contributed by atoms with van der Waals surface area (Å²) >= 11 is 16.8. The third-order valence-electron chi connectivity index (χ3n) is 2.70. The second-order valence-electron chi connectivity index (χ2n) is 4.52. The number of thiocarbonyl (C=S) groups is 1. The first-order chi connectivity index (χ1) is 12.3. The molecule has 0 amide bonds. The van der Waals surface area contributed by atoms with Crippen LogP contribution in [0.3, 0.4) is 0 Å². The number of rotatable bonds is 6. The molecule has 0 aliphatic heterocycles. The molecular formula is C16H16Cl2N2O5S. The van der Waals surface area contributed by atoms with Gasteiger partial charge < -0.3 is 19.9 Å². The Morgan fingerprint density at radius 3 is 2.38 bits per heavy atom. The largest absolute Gasteiger partial charge is 0.501 e. The Morgan fingerprint density at radius 1 is 1.19 bits per heavy atom. The van der Waals surface area contributed by atoms with Crippen molar-refractivity contribution >= 4 is 64.4 Å². The fourth-order valence-electron chi connectivity index (χ4n) is 1.58. The molecule has 0 saturated heterocycles. The number of nitrogens with zero attached hydrogens (tertiary/aromatic N) is 1. The van der Waals surface area contributed by atoms with E-state index >= 15 is 0 Å². The number of carbonyl (C=O) groups excluding carboxylic acids is 2. The first-order valence-corrected chi connectivity index (χ1v) is 8.54. The number of hydrogen-bond acceptors (Lipinski definition) is 6. The second-order valence-corrected chi connectivity index (χ2v) is 5.72. The Bertz CT molecular complexity index is 765. The van der Waals surface area contributed by atoms with Gasteiger partial charge in [0, 0.05) is 11.9 Å². The van der Waals surface area contributed by atoms with Crippen LogP contribution in [0, 0.1) is 0 Å². The van der Waals surface area contributed by atoms with Crippen LogP contribution in [0.4, 0.5) is 5.69 Å². The van der Waals surface area contributed by atoms with Gasteiger partial charge in [-0.25, -0.2) is 14.6 Å². The van der Waals surface area contributed by atoms with Crippen molar-refractivity contribution in [2.24, 2.45) is 4.99 Å². The average Bonchev–Trinajstić information content (AvgIpc) is 2.58. The average molecular weight is 419 g/mol. The predicted molar refractivity (Wildman–Crippen MR) is 104 cm³/mol. The van der Waals surface area contributed by atoms with Crippen LogP contribution in [0.2, 0.25) is 10.0 Å². The number of benzene rings is 1. The summed E-state index contributed by atoms with van der Waals surface area (Å²) in [5.74, 6) is -2.95. The number of aliphatic hydroxyl groups is 1. The van der Waals surface area contributed by atoms with Gasteiger partial charge in [0.1, 0.15) is 5.57 Å². The fraction of sp³-hybridized carbons (Fsp3) is 0.250. The molecule has 1 rings (SSSR count). The van der Waals surface area contributed by atoms with Crippen molar-refractivity contribution in [1.29, 1.82) is 0 Å². The van der Waals surface area contributed by atoms with Crippen LogP contribution in [0.15, 0.2) is 34.5 Å². The molecule has 7 nitrogen and oxygen atoms in total. The van der Waals surface area contributed by atoms with Crippen LogP contribution in [0.25, 0.3) is 0 Å². The summed E-state index contributed by atoms with van der Waals surface area (Å²) in [4.78, 5) is 27.4. The van der Waals surface area contributed by atoms with Crippen molar-refractivity contribution < 1.29 is 24.2 Å². The number of carbonyl (C=O) groups is 2. The third kappa shape index (κ3) is 6.62. The predicted octanol–water partition coefficient (Wildman–Crippen LogP) is 3.70. The van der Waals surface area contributed by atoms with E-state index in [2.05, 4.69) is 15.0 Å². The molecule has 0 atom stereocenters. The monoisotopic (exact) mass is 418 g/mol. The first-order valence-electron chi connectivity index (χ1n) is 7.37. The summed E-state index contributed by atoms with van der Waals surface area (Å²) in [5.41, 5.74) is 0.0291. The van der Waals surface area contributed by atoms with Crippen molar-refractivity contribution in [3.05, 3.63) is 39.6 Å². The molecular weight excluding hydrogens is 403 g/mol. The molecule has 10 heteroatoms. The highest BCUT2D eigenvalue weighted by molar-refractivity contribution is 7.80. The van der Waals surface area contributed by atoms with Crippen molar-refractivity contribution in [1.82, 2.24) is 0 Å². The lowest BCUT2D eigenvalue weighted by Gasteiger charge is -2.07. The maximum atomic E-state index is 11.9. The Labute approximate surface area is 165 Å². The SMILES string of the molecule is CCOC(=O)/C(O)=C(\C=N\C(=S)Nc1ccc(Cl)c(Cl)c1)C(=O)OCC. The number of aliphatic imine (C=N–C) groups is 1. The topological polar surface area (TPSA) is 97.2 Å². The lowest BCUT2D eigenvalue weighted by molar-refractivity contribution is -0.143. The van der Waals surface area contributed by atoms with Gasteiger partial charge in [-0.05, 0) is 44.3 Å². The maximum Gasteiger partial charge on any atom is 0.374 e. The molecule has 1 aromatic carbocycles. The quantitative estimate of drug-likeness (QED) is 0.239. The van der Waals surface area contributed by atoms with Gasteiger partial charge in [-0.2, -0.15) is 0 Å². The second kappa shape index (κ2) is 10.7. The molecule has 1 aromatic rings. The van der Waals surface area contributed by atoms with Gasteiger partial charge in [-0.15, -0.1) is 0 Å². The van der Waals surface area contributed by atoms with Crippen molar-refractivity contribution in [3.63, 3.8) is 0 Å². The first kappa shape index (κ1) is 21.9. The van der Waals surface area contributed by atoms with Gasteiger partial charge in [-0.3, -0.25) is 0 Å². The van der Waals surface area contributed by atoms with E-state index < -0.39 is 23.3 Å². The molecule has 0 unspecified atom stereocenters. The zero-order chi connectivity index (χ0) is 19.7. The Balaban J connectivity index is 2.99. The normalized spacial score (nSPS) is 11.7. The van der Waals surface area contributed by atoms with Crippen LogP contribution < -0.4 is 5.32 Å². The lowest BCUT2D eigenvalue weighted by Crippen LogP contribution is -2.18. The highest BCUT2D eigenvalue weighted by Gasteiger charge is 2.21. The molecule has 26 heavy (non-hydrogen) atoms. The Hall–Kier alpha value is -2.16. The number of esters is 2. The standard InChI is InChI=1S/C16H16Cl2N2O5S/c1-3-24-14(22)10(13(21)15(23)25-4-2)8-19-16(26)20-9-5-6-11(17)12(18)7-9/h5-8,21H,3-4H2,1-2H3,(H,20,26)/b13-10-,19-8+. The minimum Gasteiger partial charge on any atom is -0.501 e. The van der Waals surface area contributed by atoms with Crippen molar-refractivity contribution in [2.45, 2.75) is 13.8 Å². The van der Waals surface area contributed by atoms with Gasteiger partial charge in [0.2, 0.25) is 5.76 Å². The van der Waals surface area contributed by atoms with Crippen molar-refractivity contribution in [2.75, 3.05) is 18.5 Å². The number of nitrogens with one attached hydrogen (secondary N) is 1. The van der Waals surface area contributed by atoms with E-state index in [0.29, 0.717) is 15.7 Å². The molecule has 0 heterocycles. The van der Waals surface area contributed by atoms with E-state index in [-0.39, 0.29) is 18.3 Å². The van der Waals surface area contributed by atoms with E-state index in [1.165, 1.54) is 6.07 Å². The summed E-state index contributed by atoms with van der Waals surface area (Å²) in [7, 11) is 0. The molecule has 0 aromatic heterocycles. The van der Waals surface area contributed by atoms with Gasteiger partial charge in [0.25, 0.3) is 0 Å². The van der Waals surface area contributed by atoms with Crippen LogP contribution in [-0.2, 0) is 19.1 Å². The maximum absolute atomic E-state index is 11.9. The number of halogens is 2. The number of aliphatic hydroxyl groups excluding tert-OH is 1. The van der Waals surface area contributed by atoms with E-state index in [4.69, 9.17) is 40.2 Å². The smallest absolute Gasteiger partial charge is 0.374 e. The van der Waals surface area contributed by atoms with Crippen LogP contribution >= 0.6 is 35.4 Å². The Kier molecular flexibility index (Phi) is 9.04. The molecule has 0 radical (unpaired) electrons. The molecule has 0 spiro atoms. The van der Waals surface area contributed by atoms with Gasteiger partial charge in [0.05, 0.1) is 23.3 Å². The molecule has 0 aliphatic rings. The van der Waals surface area contributed by atoms with Crippen molar-refractivity contribution in [3.8, 4) is 0 Å². The molecule has 140 valence electrons. The number of hydrogen-bond donors (Lipinski definition) is 2. The third-order valence-corrected chi connectivity index (χ3v) is 3.65. The van der Waals surface area contributed by atoms with E-state index in [1.54, 1.807) is 26.0 Å². The minimum atomic E-state index is -1.08. The summed E-state index contributed by atoms with van der Waals surface area (Å²) in [6, 6.07) is 4.72. The number of anilines is 1. The van der Waals surface area contributed by atoms with Gasteiger partial charge >= 0.3 is 11.9 Å². The van der Waals surface area contributed by atoms with Gasteiger partial charge in [0.15, 0.2) is 5.11 Å². The van der Waals surface area contributed by atoms with E-state index in [1.807, 2.05) is 0 Å². The molecule has 2 N–H and O–H groups in total. The number of ether oxygens (including phenoxy) is 2. The van der Waals surface area contributed by atoms with Crippen LogP contribution in [-0.4, -0.2) is 41.6 Å². The zero-order valence-corrected chi connectivity index (χ0v) is 16.2. The summed E-state index contributed by atoms with van der Waals surface area (Å²) < 4.78 is 9.43. The van der Waals surface area contributed by atoms with Crippen LogP contribution in [0.5, 0.6) is 0 Å². The van der Waals surface area contributed by atoms with E-state index in [0.717, 1.165) is 6.21 Å². The zero-order valence-electron chi connectivity index (χ0n) is 13.9. The highest BCUT2D eigenvalue weighted by atomic mass is 35.5. The molecule has 0 bridgehead atoms. The Morgan fingerprint density at radius 2 is 1.81 bits per heavy atom. The van der Waals surface area contributed by atoms with E-state index in [9.17, 15) is 14.7 Å². The minimum absolute atomic E-state index is 0.0213. The lowest BCUT2D eigenvalue weighted by atomic mass is 10.2. The molecule has 0 aliphatic carbocycles. The summed E-state index contributed by atoms with van der Waals surface area (Å²) in [5, 5.41) is 13.3. The molecule has 0 saturated carbocycles. The fourth-order valence-corrected chi connectivity index (χ4v) is 2.05. The highest BCUT2D eigenvalue weighted by Crippen LogP contribution is 2.25. The van der Waals surface area contributed by atoms with Gasteiger partial charge in [-0.1, -0.05) is 23.2 Å². The molecule has 0 fully saturated rings. The summed E-state index contributed by atoms with van der Waals surface area (Å²) in [6.45, 7) is 3.19. The van der Waals surface area contributed by atoms with Crippen LogP contribution in [0.1, 0.15) is 13.8 Å². The summed E-state index contributed by atoms with van der Waals surface area (Å²) in [6.07, 6.45) is 0.914.